The van der Waals surface area contributed by atoms with Crippen molar-refractivity contribution in [1.29, 1.82) is 0 Å². The first-order chi connectivity index (χ1) is 18.0. The third kappa shape index (κ3) is 6.69. The number of thiocarbonyl (C=S) groups is 1. The van der Waals surface area contributed by atoms with Crippen molar-refractivity contribution < 1.29 is 23.9 Å². The van der Waals surface area contributed by atoms with Gasteiger partial charge in [-0.1, -0.05) is 30.3 Å². The van der Waals surface area contributed by atoms with Crippen LogP contribution in [0.1, 0.15) is 15.9 Å². The number of benzene rings is 3. The van der Waals surface area contributed by atoms with Crippen molar-refractivity contribution in [3.8, 4) is 17.2 Å². The van der Waals surface area contributed by atoms with Crippen LogP contribution < -0.4 is 34.6 Å². The SMILES string of the molecule is COc1cc(C(=O)NC(=S)Nc2ccc(N3CC[NH+](Cc4ccccc4)CC3)cc2)cc(OC)c1OC. The summed E-state index contributed by atoms with van der Waals surface area (Å²) in [5.74, 6) is 0.818. The molecule has 9 heteroatoms. The molecule has 0 aliphatic carbocycles. The third-order valence-corrected chi connectivity index (χ3v) is 6.62. The van der Waals surface area contributed by atoms with Gasteiger partial charge in [-0.25, -0.2) is 0 Å². The summed E-state index contributed by atoms with van der Waals surface area (Å²) >= 11 is 5.36. The van der Waals surface area contributed by atoms with E-state index < -0.39 is 0 Å². The molecule has 1 saturated heterocycles. The van der Waals surface area contributed by atoms with Gasteiger partial charge in [0.05, 0.1) is 47.5 Å². The summed E-state index contributed by atoms with van der Waals surface area (Å²) in [6.45, 7) is 5.30. The van der Waals surface area contributed by atoms with Gasteiger partial charge in [0.15, 0.2) is 16.6 Å². The minimum absolute atomic E-state index is 0.199. The molecule has 0 saturated carbocycles. The zero-order valence-corrected chi connectivity index (χ0v) is 22.2. The minimum Gasteiger partial charge on any atom is -0.493 e. The third-order valence-electron chi connectivity index (χ3n) is 6.41. The molecule has 0 spiro atoms. The molecule has 0 bridgehead atoms. The lowest BCUT2D eigenvalue weighted by Crippen LogP contribution is -3.13. The highest BCUT2D eigenvalue weighted by atomic mass is 32.1. The van der Waals surface area contributed by atoms with E-state index in [4.69, 9.17) is 26.4 Å². The summed E-state index contributed by atoms with van der Waals surface area (Å²) in [6, 6.07) is 21.9. The molecule has 8 nitrogen and oxygen atoms in total. The summed E-state index contributed by atoms with van der Waals surface area (Å²) in [7, 11) is 4.51. The number of hydrogen-bond donors (Lipinski definition) is 3. The zero-order chi connectivity index (χ0) is 26.2. The molecular formula is C28H33N4O4S+. The molecule has 1 aliphatic heterocycles. The molecule has 1 amide bonds. The van der Waals surface area contributed by atoms with E-state index in [1.807, 2.05) is 12.1 Å². The Bertz CT molecular complexity index is 1190. The van der Waals surface area contributed by atoms with Crippen LogP contribution in [-0.4, -0.2) is 58.5 Å². The number of amides is 1. The van der Waals surface area contributed by atoms with Crippen molar-refractivity contribution in [2.45, 2.75) is 6.54 Å². The first kappa shape index (κ1) is 26.2. The molecule has 1 heterocycles. The molecule has 3 N–H and O–H groups in total. The molecule has 3 aromatic rings. The van der Waals surface area contributed by atoms with E-state index in [2.05, 4.69) is 58.0 Å². The summed E-state index contributed by atoms with van der Waals surface area (Å²) in [5.41, 5.74) is 3.70. The number of carbonyl (C=O) groups is 1. The fraction of sp³-hybridized carbons (Fsp3) is 0.286. The number of piperazine rings is 1. The first-order valence-electron chi connectivity index (χ1n) is 12.2. The molecule has 1 fully saturated rings. The summed E-state index contributed by atoms with van der Waals surface area (Å²) in [5, 5.41) is 5.98. The fourth-order valence-electron chi connectivity index (χ4n) is 4.45. The molecule has 4 rings (SSSR count). The summed E-state index contributed by atoms with van der Waals surface area (Å²) < 4.78 is 16.0. The number of methoxy groups -OCH3 is 3. The number of hydrogen-bond acceptors (Lipinski definition) is 6. The molecule has 0 radical (unpaired) electrons. The Balaban J connectivity index is 1.30. The number of ether oxygens (including phenoxy) is 3. The summed E-state index contributed by atoms with van der Waals surface area (Å²) in [6.07, 6.45) is 0. The Labute approximate surface area is 223 Å². The highest BCUT2D eigenvalue weighted by Gasteiger charge is 2.21. The topological polar surface area (TPSA) is 76.5 Å². The van der Waals surface area contributed by atoms with Crippen molar-refractivity contribution >= 4 is 34.6 Å². The quantitative estimate of drug-likeness (QED) is 0.394. The number of quaternary nitrogens is 1. The average Bonchev–Trinajstić information content (AvgIpc) is 2.93. The van der Waals surface area contributed by atoms with Gasteiger partial charge in [0.2, 0.25) is 5.75 Å². The second kappa shape index (κ2) is 12.4. The second-order valence-electron chi connectivity index (χ2n) is 8.77. The lowest BCUT2D eigenvalue weighted by molar-refractivity contribution is -0.914. The normalized spacial score (nSPS) is 13.5. The predicted octanol–water partition coefficient (Wildman–Crippen LogP) is 2.74. The van der Waals surface area contributed by atoms with E-state index in [0.717, 1.165) is 38.4 Å². The van der Waals surface area contributed by atoms with Crippen LogP contribution in [0.3, 0.4) is 0 Å². The molecule has 37 heavy (non-hydrogen) atoms. The maximum atomic E-state index is 12.8. The van der Waals surface area contributed by atoms with Gasteiger partial charge in [0, 0.05) is 22.5 Å². The van der Waals surface area contributed by atoms with Crippen molar-refractivity contribution in [3.63, 3.8) is 0 Å². The van der Waals surface area contributed by atoms with Gasteiger partial charge in [-0.2, -0.15) is 0 Å². The van der Waals surface area contributed by atoms with Crippen molar-refractivity contribution in [2.24, 2.45) is 0 Å². The molecule has 194 valence electrons. The Hall–Kier alpha value is -3.82. The lowest BCUT2D eigenvalue weighted by atomic mass is 10.1. The van der Waals surface area contributed by atoms with Gasteiger partial charge in [0.1, 0.15) is 6.54 Å². The molecular weight excluding hydrogens is 488 g/mol. The Morgan fingerprint density at radius 2 is 1.54 bits per heavy atom. The second-order valence-corrected chi connectivity index (χ2v) is 9.18. The van der Waals surface area contributed by atoms with E-state index in [1.165, 1.54) is 32.6 Å². The van der Waals surface area contributed by atoms with Gasteiger partial charge in [0.25, 0.3) is 5.91 Å². The van der Waals surface area contributed by atoms with Crippen molar-refractivity contribution in [2.75, 3.05) is 57.7 Å². The standard InChI is InChI=1S/C28H32N4O4S/c1-34-24-17-21(18-25(35-2)26(24)36-3)27(33)30-28(37)29-22-9-11-23(12-10-22)32-15-13-31(14-16-32)19-20-7-5-4-6-8-20/h4-12,17-18H,13-16,19H2,1-3H3,(H2,29,30,33,37)/p+1. The number of nitrogens with zero attached hydrogens (tertiary/aromatic N) is 1. The molecule has 0 atom stereocenters. The molecule has 3 aromatic carbocycles. The van der Waals surface area contributed by atoms with Crippen LogP contribution in [0.15, 0.2) is 66.7 Å². The maximum absolute atomic E-state index is 12.8. The highest BCUT2D eigenvalue weighted by molar-refractivity contribution is 7.80. The van der Waals surface area contributed by atoms with E-state index in [-0.39, 0.29) is 11.0 Å². The first-order valence-corrected chi connectivity index (χ1v) is 12.6. The molecule has 1 aliphatic rings. The van der Waals surface area contributed by atoms with Gasteiger partial charge in [-0.3, -0.25) is 10.1 Å². The Kier molecular flexibility index (Phi) is 8.81. The number of nitrogens with one attached hydrogen (secondary N) is 3. The van der Waals surface area contributed by atoms with Crippen LogP contribution in [0.4, 0.5) is 11.4 Å². The lowest BCUT2D eigenvalue weighted by Gasteiger charge is -2.33. The Morgan fingerprint density at radius 1 is 0.919 bits per heavy atom. The predicted molar refractivity (Wildman–Crippen MR) is 149 cm³/mol. The number of anilines is 2. The number of carbonyl (C=O) groups excluding carboxylic acids is 1. The van der Waals surface area contributed by atoms with Crippen LogP contribution >= 0.6 is 12.2 Å². The van der Waals surface area contributed by atoms with Crippen LogP contribution in [0, 0.1) is 0 Å². The minimum atomic E-state index is -0.385. The molecule has 0 unspecified atom stereocenters. The Morgan fingerprint density at radius 3 is 2.11 bits per heavy atom. The van der Waals surface area contributed by atoms with Gasteiger partial charge in [-0.05, 0) is 48.6 Å². The van der Waals surface area contributed by atoms with Crippen LogP contribution in [0.2, 0.25) is 0 Å². The maximum Gasteiger partial charge on any atom is 0.257 e. The van der Waals surface area contributed by atoms with Crippen LogP contribution in [0.5, 0.6) is 17.2 Å². The van der Waals surface area contributed by atoms with E-state index in [9.17, 15) is 4.79 Å². The van der Waals surface area contributed by atoms with Gasteiger partial charge >= 0.3 is 0 Å². The largest absolute Gasteiger partial charge is 0.493 e. The van der Waals surface area contributed by atoms with E-state index in [0.29, 0.717) is 22.8 Å². The van der Waals surface area contributed by atoms with Crippen molar-refractivity contribution in [1.82, 2.24) is 5.32 Å². The monoisotopic (exact) mass is 521 g/mol. The zero-order valence-electron chi connectivity index (χ0n) is 21.4. The average molecular weight is 522 g/mol. The fourth-order valence-corrected chi connectivity index (χ4v) is 4.66. The van der Waals surface area contributed by atoms with Gasteiger partial charge in [-0.15, -0.1) is 0 Å². The van der Waals surface area contributed by atoms with E-state index in [1.54, 1.807) is 17.0 Å². The highest BCUT2D eigenvalue weighted by Crippen LogP contribution is 2.38. The smallest absolute Gasteiger partial charge is 0.257 e. The van der Waals surface area contributed by atoms with Gasteiger partial charge < -0.3 is 29.3 Å². The summed E-state index contributed by atoms with van der Waals surface area (Å²) in [4.78, 5) is 16.8. The van der Waals surface area contributed by atoms with E-state index >= 15 is 0 Å². The molecule has 0 aromatic heterocycles. The van der Waals surface area contributed by atoms with Crippen LogP contribution in [0.25, 0.3) is 0 Å². The number of rotatable bonds is 8. The van der Waals surface area contributed by atoms with Crippen molar-refractivity contribution in [3.05, 3.63) is 77.9 Å². The van der Waals surface area contributed by atoms with Crippen LogP contribution in [-0.2, 0) is 6.54 Å².